The van der Waals surface area contributed by atoms with E-state index in [9.17, 15) is 17.6 Å². The Morgan fingerprint density at radius 2 is 1.80 bits per heavy atom. The molecule has 1 aliphatic heterocycles. The van der Waals surface area contributed by atoms with Gasteiger partial charge < -0.3 is 4.90 Å². The number of carbonyl (C=O) groups excluding carboxylic acids is 1. The number of rotatable bonds is 4. The number of hydrogen-bond donors (Lipinski definition) is 0. The largest absolute Gasteiger partial charge is 0.337 e. The Bertz CT molecular complexity index is 871. The number of amides is 1. The van der Waals surface area contributed by atoms with Gasteiger partial charge in [0.05, 0.1) is 0 Å². The zero-order valence-corrected chi connectivity index (χ0v) is 15.0. The molecule has 0 bridgehead atoms. The zero-order valence-electron chi connectivity index (χ0n) is 13.3. The Labute approximate surface area is 150 Å². The Hall–Kier alpha value is -2.03. The molecule has 0 spiro atoms. The van der Waals surface area contributed by atoms with E-state index in [0.29, 0.717) is 22.9 Å². The van der Waals surface area contributed by atoms with Crippen molar-refractivity contribution >= 4 is 33.3 Å². The van der Waals surface area contributed by atoms with Crippen LogP contribution in [-0.4, -0.2) is 49.7 Å². The number of benzene rings is 1. The first-order chi connectivity index (χ1) is 12.0. The zero-order chi connectivity index (χ0) is 17.9. The number of nitrogens with zero attached hydrogens (tertiary/aromatic N) is 2. The lowest BCUT2D eigenvalue weighted by Gasteiger charge is -2.33. The molecule has 1 amide bonds. The molecule has 1 fully saturated rings. The van der Waals surface area contributed by atoms with E-state index < -0.39 is 15.8 Å². The normalized spacial score (nSPS) is 16.4. The Kier molecular flexibility index (Phi) is 5.31. The van der Waals surface area contributed by atoms with Gasteiger partial charge in [-0.3, -0.25) is 4.79 Å². The first-order valence-corrected chi connectivity index (χ1v) is 10.1. The highest BCUT2D eigenvalue weighted by atomic mass is 32.2. The Balaban J connectivity index is 1.61. The average Bonchev–Trinajstić information content (AvgIpc) is 3.16. The molecular formula is C17H17FN2O3S2. The van der Waals surface area contributed by atoms with Crippen LogP contribution < -0.4 is 0 Å². The summed E-state index contributed by atoms with van der Waals surface area (Å²) in [7, 11) is -3.48. The van der Waals surface area contributed by atoms with Crippen LogP contribution in [0.25, 0.3) is 6.08 Å². The van der Waals surface area contributed by atoms with Crippen LogP contribution in [0.5, 0.6) is 0 Å². The predicted octanol–water partition coefficient (Wildman–Crippen LogP) is 2.43. The van der Waals surface area contributed by atoms with E-state index in [-0.39, 0.29) is 19.0 Å². The lowest BCUT2D eigenvalue weighted by Crippen LogP contribution is -2.50. The quantitative estimate of drug-likeness (QED) is 0.766. The molecule has 1 aliphatic rings. The number of carbonyl (C=O) groups is 1. The van der Waals surface area contributed by atoms with E-state index in [1.807, 2.05) is 0 Å². The summed E-state index contributed by atoms with van der Waals surface area (Å²) in [6.45, 7) is 1.12. The highest BCUT2D eigenvalue weighted by Gasteiger charge is 2.30. The molecule has 1 aromatic heterocycles. The van der Waals surface area contributed by atoms with Gasteiger partial charge in [0.1, 0.15) is 10.0 Å². The van der Waals surface area contributed by atoms with Crippen molar-refractivity contribution in [1.82, 2.24) is 9.21 Å². The standard InChI is InChI=1S/C17H17FN2O3S2/c18-15-5-2-1-4-14(15)7-8-16(21)19-9-11-20(12-10-19)25(22,23)17-6-3-13-24-17/h1-8,13H,9-12H2/b8-7+. The van der Waals surface area contributed by atoms with Gasteiger partial charge in [-0.15, -0.1) is 11.3 Å². The van der Waals surface area contributed by atoms with Crippen LogP contribution in [0, 0.1) is 5.82 Å². The monoisotopic (exact) mass is 380 g/mol. The van der Waals surface area contributed by atoms with Gasteiger partial charge in [-0.2, -0.15) is 4.31 Å². The van der Waals surface area contributed by atoms with Crippen LogP contribution in [0.15, 0.2) is 52.1 Å². The average molecular weight is 380 g/mol. The minimum atomic E-state index is -3.48. The first kappa shape index (κ1) is 17.8. The van der Waals surface area contributed by atoms with Crippen molar-refractivity contribution in [1.29, 1.82) is 0 Å². The minimum absolute atomic E-state index is 0.250. The van der Waals surface area contributed by atoms with E-state index in [2.05, 4.69) is 0 Å². The van der Waals surface area contributed by atoms with Crippen LogP contribution in [0.3, 0.4) is 0 Å². The minimum Gasteiger partial charge on any atom is -0.337 e. The van der Waals surface area contributed by atoms with Gasteiger partial charge in [0.15, 0.2) is 0 Å². The fraction of sp³-hybridized carbons (Fsp3) is 0.235. The highest BCUT2D eigenvalue weighted by Crippen LogP contribution is 2.22. The second-order valence-electron chi connectivity index (χ2n) is 5.52. The van der Waals surface area contributed by atoms with Gasteiger partial charge in [0.2, 0.25) is 5.91 Å². The second-order valence-corrected chi connectivity index (χ2v) is 8.63. The van der Waals surface area contributed by atoms with Gasteiger partial charge in [-0.05, 0) is 23.6 Å². The van der Waals surface area contributed by atoms with Crippen molar-refractivity contribution in [2.45, 2.75) is 4.21 Å². The van der Waals surface area contributed by atoms with E-state index in [1.54, 1.807) is 40.6 Å². The molecule has 0 radical (unpaired) electrons. The SMILES string of the molecule is O=C(/C=C/c1ccccc1F)N1CCN(S(=O)(=O)c2cccs2)CC1. The van der Waals surface area contributed by atoms with E-state index in [1.165, 1.54) is 33.9 Å². The van der Waals surface area contributed by atoms with Crippen molar-refractivity contribution in [3.05, 3.63) is 59.2 Å². The maximum absolute atomic E-state index is 13.6. The van der Waals surface area contributed by atoms with E-state index in [4.69, 9.17) is 0 Å². The number of piperazine rings is 1. The van der Waals surface area contributed by atoms with Crippen LogP contribution in [0.2, 0.25) is 0 Å². The van der Waals surface area contributed by atoms with E-state index in [0.717, 1.165) is 0 Å². The summed E-state index contributed by atoms with van der Waals surface area (Å²) in [6.07, 6.45) is 2.76. The molecule has 0 atom stereocenters. The maximum Gasteiger partial charge on any atom is 0.252 e. The van der Waals surface area contributed by atoms with Crippen LogP contribution >= 0.6 is 11.3 Å². The molecule has 5 nitrogen and oxygen atoms in total. The summed E-state index contributed by atoms with van der Waals surface area (Å²) >= 11 is 1.18. The van der Waals surface area contributed by atoms with Gasteiger partial charge in [-0.1, -0.05) is 24.3 Å². The van der Waals surface area contributed by atoms with Crippen molar-refractivity contribution in [2.75, 3.05) is 26.2 Å². The molecule has 3 rings (SSSR count). The summed E-state index contributed by atoms with van der Waals surface area (Å²) in [5, 5.41) is 1.72. The number of hydrogen-bond acceptors (Lipinski definition) is 4. The van der Waals surface area contributed by atoms with Crippen molar-refractivity contribution in [3.63, 3.8) is 0 Å². The van der Waals surface area contributed by atoms with Gasteiger partial charge in [-0.25, -0.2) is 12.8 Å². The molecule has 0 N–H and O–H groups in total. The molecule has 0 saturated carbocycles. The molecule has 25 heavy (non-hydrogen) atoms. The molecule has 1 saturated heterocycles. The number of sulfonamides is 1. The van der Waals surface area contributed by atoms with Crippen molar-refractivity contribution in [3.8, 4) is 0 Å². The molecule has 132 valence electrons. The van der Waals surface area contributed by atoms with Gasteiger partial charge >= 0.3 is 0 Å². The van der Waals surface area contributed by atoms with Crippen molar-refractivity contribution in [2.24, 2.45) is 0 Å². The second kappa shape index (κ2) is 7.47. The topological polar surface area (TPSA) is 57.7 Å². The third-order valence-corrected chi connectivity index (χ3v) is 7.22. The molecule has 0 unspecified atom stereocenters. The van der Waals surface area contributed by atoms with E-state index >= 15 is 0 Å². The summed E-state index contributed by atoms with van der Waals surface area (Å²) in [4.78, 5) is 13.8. The van der Waals surface area contributed by atoms with Gasteiger partial charge in [0, 0.05) is 37.8 Å². The van der Waals surface area contributed by atoms with Crippen molar-refractivity contribution < 1.29 is 17.6 Å². The molecule has 0 aliphatic carbocycles. The fourth-order valence-corrected chi connectivity index (χ4v) is 5.13. The lowest BCUT2D eigenvalue weighted by atomic mass is 10.2. The fourth-order valence-electron chi connectivity index (χ4n) is 2.56. The third kappa shape index (κ3) is 3.97. The summed E-state index contributed by atoms with van der Waals surface area (Å²) in [5.41, 5.74) is 0.342. The molecule has 2 heterocycles. The summed E-state index contributed by atoms with van der Waals surface area (Å²) in [5.74, 6) is -0.644. The molecule has 1 aromatic carbocycles. The molecular weight excluding hydrogens is 363 g/mol. The molecule has 2 aromatic rings. The Morgan fingerprint density at radius 3 is 2.44 bits per heavy atom. The number of thiophene rings is 1. The maximum atomic E-state index is 13.6. The van der Waals surface area contributed by atoms with Gasteiger partial charge in [0.25, 0.3) is 10.0 Å². The predicted molar refractivity (Wildman–Crippen MR) is 95.1 cm³/mol. The summed E-state index contributed by atoms with van der Waals surface area (Å²) in [6, 6.07) is 9.48. The lowest BCUT2D eigenvalue weighted by molar-refractivity contribution is -0.127. The summed E-state index contributed by atoms with van der Waals surface area (Å²) < 4.78 is 40.2. The highest BCUT2D eigenvalue weighted by molar-refractivity contribution is 7.91. The Morgan fingerprint density at radius 1 is 1.08 bits per heavy atom. The first-order valence-electron chi connectivity index (χ1n) is 7.73. The number of halogens is 1. The van der Waals surface area contributed by atoms with Crippen LogP contribution in [0.4, 0.5) is 4.39 Å². The third-order valence-electron chi connectivity index (χ3n) is 3.95. The molecule has 8 heteroatoms. The smallest absolute Gasteiger partial charge is 0.252 e. The van der Waals surface area contributed by atoms with Crippen LogP contribution in [0.1, 0.15) is 5.56 Å². The van der Waals surface area contributed by atoms with Crippen LogP contribution in [-0.2, 0) is 14.8 Å².